The zero-order valence-electron chi connectivity index (χ0n) is 17.4. The highest BCUT2D eigenvalue weighted by Gasteiger charge is 2.48. The molecule has 1 saturated heterocycles. The first-order valence-corrected chi connectivity index (χ1v) is 10.0. The van der Waals surface area contributed by atoms with Crippen LogP contribution in [0.25, 0.3) is 11.0 Å². The van der Waals surface area contributed by atoms with Gasteiger partial charge in [0, 0.05) is 31.7 Å². The summed E-state index contributed by atoms with van der Waals surface area (Å²) in [6.07, 6.45) is -0.201. The van der Waals surface area contributed by atoms with Crippen molar-refractivity contribution in [2.24, 2.45) is 0 Å². The summed E-state index contributed by atoms with van der Waals surface area (Å²) in [7, 11) is 1.61. The Bertz CT molecular complexity index is 900. The summed E-state index contributed by atoms with van der Waals surface area (Å²) >= 11 is 0. The Morgan fingerprint density at radius 3 is 2.80 bits per heavy atom. The summed E-state index contributed by atoms with van der Waals surface area (Å²) in [6, 6.07) is 2.89. The lowest BCUT2D eigenvalue weighted by Crippen LogP contribution is -2.57. The summed E-state index contributed by atoms with van der Waals surface area (Å²) in [4.78, 5) is 14.5. The molecule has 0 saturated carbocycles. The number of likely N-dealkylation sites (tertiary alicyclic amines) is 1. The first-order valence-electron chi connectivity index (χ1n) is 10.0. The lowest BCUT2D eigenvalue weighted by Gasteiger charge is -2.48. The van der Waals surface area contributed by atoms with Gasteiger partial charge in [-0.2, -0.15) is 0 Å². The maximum Gasteiger partial charge on any atom is 0.223 e. The molecule has 1 amide bonds. The molecule has 164 valence electrons. The number of aliphatic hydroxyl groups is 1. The summed E-state index contributed by atoms with van der Waals surface area (Å²) in [5.74, 6) is 0.512. The predicted octanol–water partition coefficient (Wildman–Crippen LogP) is 1.42. The van der Waals surface area contributed by atoms with Crippen molar-refractivity contribution in [3.63, 3.8) is 0 Å². The van der Waals surface area contributed by atoms with Gasteiger partial charge in [0.2, 0.25) is 5.91 Å². The van der Waals surface area contributed by atoms with Crippen molar-refractivity contribution in [3.8, 4) is 5.75 Å². The van der Waals surface area contributed by atoms with Crippen LogP contribution >= 0.6 is 0 Å². The van der Waals surface area contributed by atoms with Crippen LogP contribution in [0.5, 0.6) is 5.75 Å². The molecule has 3 heterocycles. The number of methoxy groups -OCH3 is 1. The number of aromatic nitrogens is 2. The molecule has 10 heteroatoms. The number of ether oxygens (including phenoxy) is 4. The van der Waals surface area contributed by atoms with Gasteiger partial charge in [-0.1, -0.05) is 0 Å². The molecule has 0 spiro atoms. The Kier molecular flexibility index (Phi) is 5.92. The average Bonchev–Trinajstić information content (AvgIpc) is 3.16. The number of piperidine rings is 1. The van der Waals surface area contributed by atoms with E-state index in [1.54, 1.807) is 38.0 Å². The van der Waals surface area contributed by atoms with Crippen molar-refractivity contribution in [1.82, 2.24) is 15.2 Å². The lowest BCUT2D eigenvalue weighted by molar-refractivity contribution is -0.162. The number of carbonyl (C=O) groups excluding carboxylic acids is 1. The highest BCUT2D eigenvalue weighted by atomic mass is 16.7. The second kappa shape index (κ2) is 8.46. The molecule has 3 unspecified atom stereocenters. The first-order chi connectivity index (χ1) is 14.4. The molecule has 1 aromatic heterocycles. The third-order valence-electron chi connectivity index (χ3n) is 5.64. The fourth-order valence-corrected chi connectivity index (χ4v) is 3.97. The third-order valence-corrected chi connectivity index (χ3v) is 5.64. The Morgan fingerprint density at radius 2 is 2.03 bits per heavy atom. The first kappa shape index (κ1) is 21.0. The molecule has 30 heavy (non-hydrogen) atoms. The van der Waals surface area contributed by atoms with E-state index in [0.29, 0.717) is 54.9 Å². The van der Waals surface area contributed by atoms with Gasteiger partial charge in [-0.3, -0.25) is 4.79 Å². The van der Waals surface area contributed by atoms with Crippen LogP contribution in [-0.2, 0) is 19.0 Å². The van der Waals surface area contributed by atoms with Gasteiger partial charge < -0.3 is 29.0 Å². The van der Waals surface area contributed by atoms with E-state index in [4.69, 9.17) is 23.6 Å². The van der Waals surface area contributed by atoms with Crippen LogP contribution in [0.2, 0.25) is 0 Å². The average molecular weight is 421 g/mol. The van der Waals surface area contributed by atoms with Gasteiger partial charge in [-0.15, -0.1) is 0 Å². The second-order valence-electron chi connectivity index (χ2n) is 8.13. The van der Waals surface area contributed by atoms with E-state index in [1.165, 1.54) is 0 Å². The van der Waals surface area contributed by atoms with Crippen LogP contribution < -0.4 is 4.74 Å². The van der Waals surface area contributed by atoms with E-state index in [1.807, 2.05) is 0 Å². The minimum absolute atomic E-state index is 0.0405. The molecule has 0 aliphatic carbocycles. The molecule has 2 aliphatic rings. The number of rotatable bonds is 7. The molecular formula is C20H27N3O7. The summed E-state index contributed by atoms with van der Waals surface area (Å²) in [5, 5.41) is 18.9. The minimum Gasteiger partial charge on any atom is -0.485 e. The number of aliphatic hydroxyl groups excluding tert-OH is 1. The van der Waals surface area contributed by atoms with E-state index in [2.05, 4.69) is 10.3 Å². The van der Waals surface area contributed by atoms with Crippen LogP contribution in [0.3, 0.4) is 0 Å². The SMILES string of the molecule is COCCOCOC1CCC(=O)N(C2c3cc4nonc4cc3OC(C)(C)C2O)C1. The normalized spacial score (nSPS) is 25.9. The van der Waals surface area contributed by atoms with Gasteiger partial charge in [-0.25, -0.2) is 4.63 Å². The van der Waals surface area contributed by atoms with E-state index < -0.39 is 17.7 Å². The van der Waals surface area contributed by atoms with Crippen molar-refractivity contribution < 1.29 is 33.5 Å². The van der Waals surface area contributed by atoms with E-state index in [-0.39, 0.29) is 18.8 Å². The fourth-order valence-electron chi connectivity index (χ4n) is 3.97. The van der Waals surface area contributed by atoms with Gasteiger partial charge in [0.1, 0.15) is 35.3 Å². The van der Waals surface area contributed by atoms with Crippen LogP contribution in [0, 0.1) is 0 Å². The van der Waals surface area contributed by atoms with Crippen LogP contribution in [0.1, 0.15) is 38.3 Å². The largest absolute Gasteiger partial charge is 0.485 e. The van der Waals surface area contributed by atoms with Gasteiger partial charge in [0.05, 0.1) is 25.4 Å². The van der Waals surface area contributed by atoms with Gasteiger partial charge in [-0.05, 0) is 36.6 Å². The molecular weight excluding hydrogens is 394 g/mol. The standard InChI is InChI=1S/C20H27N3O7/c1-20(2)19(25)18(13-8-14-15(22-30-21-14)9-16(13)29-20)23-10-12(4-5-17(23)24)28-11-27-7-6-26-3/h8-9,12,18-19,25H,4-7,10-11H2,1-3H3. The molecule has 3 atom stereocenters. The zero-order valence-corrected chi connectivity index (χ0v) is 17.4. The van der Waals surface area contributed by atoms with E-state index >= 15 is 0 Å². The maximum atomic E-state index is 12.9. The van der Waals surface area contributed by atoms with Crippen molar-refractivity contribution in [3.05, 3.63) is 17.7 Å². The van der Waals surface area contributed by atoms with Gasteiger partial charge >= 0.3 is 0 Å². The fraction of sp³-hybridized carbons (Fsp3) is 0.650. The number of nitrogens with zero attached hydrogens (tertiary/aromatic N) is 3. The Balaban J connectivity index is 1.58. The molecule has 1 aromatic carbocycles. The molecule has 2 aliphatic heterocycles. The number of hydrogen-bond acceptors (Lipinski definition) is 9. The molecule has 10 nitrogen and oxygen atoms in total. The topological polar surface area (TPSA) is 116 Å². The monoisotopic (exact) mass is 421 g/mol. The Labute approximate surface area is 174 Å². The zero-order chi connectivity index (χ0) is 21.3. The molecule has 1 fully saturated rings. The van der Waals surface area contributed by atoms with Crippen molar-refractivity contribution >= 4 is 16.9 Å². The molecule has 4 rings (SSSR count). The second-order valence-corrected chi connectivity index (χ2v) is 8.13. The number of hydrogen-bond donors (Lipinski definition) is 1. The summed E-state index contributed by atoms with van der Waals surface area (Å²) in [6.45, 7) is 4.99. The van der Waals surface area contributed by atoms with Crippen LogP contribution in [-0.4, -0.2) is 77.7 Å². The Hall–Kier alpha value is -2.27. The van der Waals surface area contributed by atoms with Crippen molar-refractivity contribution in [2.45, 2.75) is 50.5 Å². The lowest BCUT2D eigenvalue weighted by atomic mass is 9.84. The number of fused-ring (bicyclic) bond motifs is 2. The van der Waals surface area contributed by atoms with E-state index in [0.717, 1.165) is 0 Å². The van der Waals surface area contributed by atoms with Crippen molar-refractivity contribution in [1.29, 1.82) is 0 Å². The Morgan fingerprint density at radius 1 is 1.27 bits per heavy atom. The molecule has 1 N–H and O–H groups in total. The molecule has 0 bridgehead atoms. The minimum atomic E-state index is -0.942. The molecule has 2 aromatic rings. The van der Waals surface area contributed by atoms with Gasteiger partial charge in [0.25, 0.3) is 0 Å². The summed E-state index contributed by atoms with van der Waals surface area (Å²) in [5.41, 5.74) is 0.868. The summed E-state index contributed by atoms with van der Waals surface area (Å²) < 4.78 is 27.0. The van der Waals surface area contributed by atoms with E-state index in [9.17, 15) is 9.90 Å². The number of carbonyl (C=O) groups is 1. The quantitative estimate of drug-likeness (QED) is 0.523. The highest BCUT2D eigenvalue weighted by molar-refractivity contribution is 5.80. The number of benzene rings is 1. The van der Waals surface area contributed by atoms with Crippen molar-refractivity contribution in [2.75, 3.05) is 33.7 Å². The van der Waals surface area contributed by atoms with Crippen LogP contribution in [0.4, 0.5) is 0 Å². The third kappa shape index (κ3) is 4.00. The predicted molar refractivity (Wildman–Crippen MR) is 104 cm³/mol. The van der Waals surface area contributed by atoms with Crippen LogP contribution in [0.15, 0.2) is 16.8 Å². The highest BCUT2D eigenvalue weighted by Crippen LogP contribution is 2.45. The van der Waals surface area contributed by atoms with Gasteiger partial charge in [0.15, 0.2) is 0 Å². The molecule has 0 radical (unpaired) electrons. The smallest absolute Gasteiger partial charge is 0.223 e. The maximum absolute atomic E-state index is 12.9. The number of amides is 1.